The van der Waals surface area contributed by atoms with E-state index < -0.39 is 0 Å². The Morgan fingerprint density at radius 1 is 1.38 bits per heavy atom. The van der Waals surface area contributed by atoms with Gasteiger partial charge >= 0.3 is 5.97 Å². The summed E-state index contributed by atoms with van der Waals surface area (Å²) >= 11 is 1.60. The number of carbonyl (C=O) groups excluding carboxylic acids is 1. The van der Waals surface area contributed by atoms with E-state index in [-0.39, 0.29) is 11.9 Å². The minimum Gasteiger partial charge on any atom is -0.469 e. The number of aromatic nitrogens is 4. The summed E-state index contributed by atoms with van der Waals surface area (Å²) in [5.74, 6) is 1.32. The van der Waals surface area contributed by atoms with Crippen molar-refractivity contribution in [2.75, 3.05) is 38.3 Å². The molecule has 1 atom stereocenters. The SMILES string of the molecule is COC(=O)C1CCc2nnc(-c3csc(N4CCOCC4)n3)n2C1. The first kappa shape index (κ1) is 15.5. The maximum absolute atomic E-state index is 11.8. The number of methoxy groups -OCH3 is 1. The molecule has 2 aliphatic heterocycles. The molecule has 1 saturated heterocycles. The number of nitrogens with zero attached hydrogens (tertiary/aromatic N) is 5. The van der Waals surface area contributed by atoms with Crippen LogP contribution in [0.3, 0.4) is 0 Å². The van der Waals surface area contributed by atoms with Crippen molar-refractivity contribution in [3.63, 3.8) is 0 Å². The molecule has 0 radical (unpaired) electrons. The summed E-state index contributed by atoms with van der Waals surface area (Å²) in [6.45, 7) is 3.73. The van der Waals surface area contributed by atoms with Crippen LogP contribution in [0.1, 0.15) is 12.2 Å². The number of thiazole rings is 1. The summed E-state index contributed by atoms with van der Waals surface area (Å²) in [6, 6.07) is 0. The zero-order chi connectivity index (χ0) is 16.5. The van der Waals surface area contributed by atoms with E-state index >= 15 is 0 Å². The third kappa shape index (κ3) is 2.78. The lowest BCUT2D eigenvalue weighted by molar-refractivity contribution is -0.146. The van der Waals surface area contributed by atoms with Gasteiger partial charge in [0.2, 0.25) is 0 Å². The fourth-order valence-electron chi connectivity index (χ4n) is 3.14. The largest absolute Gasteiger partial charge is 0.469 e. The first-order chi connectivity index (χ1) is 11.8. The summed E-state index contributed by atoms with van der Waals surface area (Å²) in [5, 5.41) is 11.6. The van der Waals surface area contributed by atoms with Gasteiger partial charge in [-0.05, 0) is 6.42 Å². The second-order valence-corrected chi connectivity index (χ2v) is 6.76. The average molecular weight is 349 g/mol. The molecule has 0 N–H and O–H groups in total. The molecule has 24 heavy (non-hydrogen) atoms. The Balaban J connectivity index is 1.59. The summed E-state index contributed by atoms with van der Waals surface area (Å²) in [5.41, 5.74) is 0.811. The number of morpholine rings is 1. The molecule has 0 saturated carbocycles. The van der Waals surface area contributed by atoms with E-state index in [1.807, 2.05) is 9.95 Å². The second-order valence-electron chi connectivity index (χ2n) is 5.92. The van der Waals surface area contributed by atoms with Crippen LogP contribution in [-0.2, 0) is 27.2 Å². The summed E-state index contributed by atoms with van der Waals surface area (Å²) in [4.78, 5) is 18.8. The van der Waals surface area contributed by atoms with Gasteiger partial charge in [-0.25, -0.2) is 4.98 Å². The van der Waals surface area contributed by atoms with Gasteiger partial charge in [0.1, 0.15) is 11.5 Å². The van der Waals surface area contributed by atoms with Crippen molar-refractivity contribution in [2.24, 2.45) is 5.92 Å². The minimum absolute atomic E-state index is 0.144. The van der Waals surface area contributed by atoms with Crippen LogP contribution >= 0.6 is 11.3 Å². The van der Waals surface area contributed by atoms with E-state index in [1.54, 1.807) is 11.3 Å². The van der Waals surface area contributed by atoms with Crippen LogP contribution < -0.4 is 4.90 Å². The fourth-order valence-corrected chi connectivity index (χ4v) is 4.00. The maximum atomic E-state index is 11.8. The van der Waals surface area contributed by atoms with Gasteiger partial charge in [0, 0.05) is 31.4 Å². The minimum atomic E-state index is -0.174. The smallest absolute Gasteiger partial charge is 0.310 e. The van der Waals surface area contributed by atoms with Crippen LogP contribution in [0.15, 0.2) is 5.38 Å². The van der Waals surface area contributed by atoms with E-state index in [0.29, 0.717) is 6.54 Å². The highest BCUT2D eigenvalue weighted by Gasteiger charge is 2.29. The Morgan fingerprint density at radius 3 is 3.00 bits per heavy atom. The molecule has 4 heterocycles. The van der Waals surface area contributed by atoms with Gasteiger partial charge < -0.3 is 18.9 Å². The maximum Gasteiger partial charge on any atom is 0.310 e. The van der Waals surface area contributed by atoms with E-state index in [1.165, 1.54) is 7.11 Å². The van der Waals surface area contributed by atoms with Gasteiger partial charge in [-0.3, -0.25) is 4.79 Å². The molecule has 2 aliphatic rings. The number of ether oxygens (including phenoxy) is 2. The van der Waals surface area contributed by atoms with Gasteiger partial charge in [0.05, 0.1) is 26.2 Å². The molecule has 1 unspecified atom stereocenters. The quantitative estimate of drug-likeness (QED) is 0.764. The van der Waals surface area contributed by atoms with Gasteiger partial charge in [0.15, 0.2) is 11.0 Å². The molecule has 128 valence electrons. The lowest BCUT2D eigenvalue weighted by atomic mass is 9.99. The first-order valence-electron chi connectivity index (χ1n) is 8.05. The predicted octanol–water partition coefficient (Wildman–Crippen LogP) is 0.974. The van der Waals surface area contributed by atoms with Crippen molar-refractivity contribution in [2.45, 2.75) is 19.4 Å². The molecule has 0 aromatic carbocycles. The van der Waals surface area contributed by atoms with Crippen molar-refractivity contribution < 1.29 is 14.3 Å². The number of anilines is 1. The highest BCUT2D eigenvalue weighted by molar-refractivity contribution is 7.14. The van der Waals surface area contributed by atoms with Crippen LogP contribution in [0, 0.1) is 5.92 Å². The summed E-state index contributed by atoms with van der Waals surface area (Å²) < 4.78 is 12.3. The van der Waals surface area contributed by atoms with Crippen LogP contribution in [0.5, 0.6) is 0 Å². The van der Waals surface area contributed by atoms with Gasteiger partial charge in [0.25, 0.3) is 0 Å². The molecule has 0 spiro atoms. The molecular weight excluding hydrogens is 330 g/mol. The van der Waals surface area contributed by atoms with Crippen molar-refractivity contribution in [1.82, 2.24) is 19.7 Å². The van der Waals surface area contributed by atoms with Crippen LogP contribution in [0.25, 0.3) is 11.5 Å². The van der Waals surface area contributed by atoms with E-state index in [2.05, 4.69) is 15.1 Å². The molecule has 0 aliphatic carbocycles. The zero-order valence-electron chi connectivity index (χ0n) is 13.5. The van der Waals surface area contributed by atoms with E-state index in [9.17, 15) is 4.79 Å². The van der Waals surface area contributed by atoms with Crippen molar-refractivity contribution >= 4 is 22.4 Å². The van der Waals surface area contributed by atoms with Gasteiger partial charge in [-0.1, -0.05) is 0 Å². The summed E-state index contributed by atoms with van der Waals surface area (Å²) in [6.07, 6.45) is 1.48. The Bertz CT molecular complexity index is 737. The molecular formula is C15H19N5O3S. The van der Waals surface area contributed by atoms with Crippen molar-refractivity contribution in [3.8, 4) is 11.5 Å². The lowest BCUT2D eigenvalue weighted by Crippen LogP contribution is -2.36. The van der Waals surface area contributed by atoms with Gasteiger partial charge in [-0.2, -0.15) is 0 Å². The lowest BCUT2D eigenvalue weighted by Gasteiger charge is -2.26. The van der Waals surface area contributed by atoms with Crippen molar-refractivity contribution in [3.05, 3.63) is 11.2 Å². The molecule has 0 amide bonds. The topological polar surface area (TPSA) is 82.4 Å². The monoisotopic (exact) mass is 349 g/mol. The molecule has 2 aromatic rings. The number of rotatable bonds is 3. The number of hydrogen-bond donors (Lipinski definition) is 0. The third-order valence-corrected chi connectivity index (χ3v) is 5.39. The third-order valence-electron chi connectivity index (χ3n) is 4.48. The standard InChI is InChI=1S/C15H19N5O3S/c1-22-14(21)10-2-3-12-17-18-13(20(12)8-10)11-9-24-15(16-11)19-4-6-23-7-5-19/h9-10H,2-8H2,1H3. The van der Waals surface area contributed by atoms with E-state index in [4.69, 9.17) is 14.5 Å². The van der Waals surface area contributed by atoms with Crippen LogP contribution in [0.4, 0.5) is 5.13 Å². The number of carbonyl (C=O) groups is 1. The van der Waals surface area contributed by atoms with Crippen LogP contribution in [0.2, 0.25) is 0 Å². The predicted molar refractivity (Wildman–Crippen MR) is 88.0 cm³/mol. The average Bonchev–Trinajstić information content (AvgIpc) is 3.28. The van der Waals surface area contributed by atoms with Crippen LogP contribution in [-0.4, -0.2) is 59.1 Å². The number of aryl methyl sites for hydroxylation is 1. The fraction of sp³-hybridized carbons (Fsp3) is 0.600. The Kier molecular flexibility index (Phi) is 4.19. The summed E-state index contributed by atoms with van der Waals surface area (Å²) in [7, 11) is 1.43. The number of esters is 1. The Hall–Kier alpha value is -2.00. The highest BCUT2D eigenvalue weighted by atomic mass is 32.1. The highest BCUT2D eigenvalue weighted by Crippen LogP contribution is 2.30. The normalized spacial score (nSPS) is 20.7. The second kappa shape index (κ2) is 6.48. The molecule has 8 nitrogen and oxygen atoms in total. The Morgan fingerprint density at radius 2 is 2.21 bits per heavy atom. The molecule has 9 heteroatoms. The molecule has 2 aromatic heterocycles. The zero-order valence-corrected chi connectivity index (χ0v) is 14.3. The molecule has 0 bridgehead atoms. The van der Waals surface area contributed by atoms with E-state index in [0.717, 1.165) is 61.6 Å². The molecule has 4 rings (SSSR count). The number of fused-ring (bicyclic) bond motifs is 1. The Labute approximate surface area is 143 Å². The van der Waals surface area contributed by atoms with Crippen molar-refractivity contribution in [1.29, 1.82) is 0 Å². The van der Waals surface area contributed by atoms with Gasteiger partial charge in [-0.15, -0.1) is 21.5 Å². The molecule has 1 fully saturated rings. The number of hydrogen-bond acceptors (Lipinski definition) is 8. The first-order valence-corrected chi connectivity index (χ1v) is 8.92.